The molecule has 0 aliphatic carbocycles. The normalized spacial score (nSPS) is 10.5. The molecule has 2 aromatic carbocycles. The third kappa shape index (κ3) is 4.43. The maximum Gasteiger partial charge on any atom is 0.310 e. The van der Waals surface area contributed by atoms with Crippen LogP contribution in [0.25, 0.3) is 0 Å². The van der Waals surface area contributed by atoms with Crippen molar-refractivity contribution in [1.82, 2.24) is 0 Å². The number of hydrogen-bond acceptors (Lipinski definition) is 3. The van der Waals surface area contributed by atoms with E-state index in [-0.39, 0.29) is 24.7 Å². The molecule has 24 heavy (non-hydrogen) atoms. The van der Waals surface area contributed by atoms with Crippen molar-refractivity contribution in [2.75, 3.05) is 0 Å². The number of hydrogen-bond donors (Lipinski definition) is 0. The summed E-state index contributed by atoms with van der Waals surface area (Å²) < 4.78 is 39.3. The zero-order valence-electron chi connectivity index (χ0n) is 13.4. The summed E-state index contributed by atoms with van der Waals surface area (Å²) in [7, 11) is 0. The summed E-state index contributed by atoms with van der Waals surface area (Å²) in [6.45, 7) is 3.41. The van der Waals surface area contributed by atoms with Crippen molar-refractivity contribution < 1.29 is 23.0 Å². The van der Waals surface area contributed by atoms with Gasteiger partial charge in [-0.05, 0) is 52.8 Å². The molecule has 0 spiro atoms. The lowest BCUT2D eigenvalue weighted by atomic mass is 10.1. The SMILES string of the molecule is CCC(=O)Oc1cccc(I)c1COc1cc(F)c(CC)cc1F. The highest BCUT2D eigenvalue weighted by Gasteiger charge is 2.14. The van der Waals surface area contributed by atoms with E-state index in [4.69, 9.17) is 9.47 Å². The third-order valence-electron chi connectivity index (χ3n) is 3.44. The van der Waals surface area contributed by atoms with Crippen molar-refractivity contribution in [3.8, 4) is 11.5 Å². The minimum Gasteiger partial charge on any atom is -0.486 e. The van der Waals surface area contributed by atoms with Crippen LogP contribution in [-0.2, 0) is 17.8 Å². The molecule has 0 amide bonds. The molecule has 2 aromatic rings. The summed E-state index contributed by atoms with van der Waals surface area (Å²) in [5.41, 5.74) is 0.908. The number of ether oxygens (including phenoxy) is 2. The molecule has 0 aromatic heterocycles. The highest BCUT2D eigenvalue weighted by molar-refractivity contribution is 14.1. The first-order valence-electron chi connectivity index (χ1n) is 7.55. The lowest BCUT2D eigenvalue weighted by molar-refractivity contribution is -0.134. The predicted octanol–water partition coefficient (Wildman–Crippen LogP) is 5.03. The number of halogens is 3. The molecule has 0 saturated carbocycles. The van der Waals surface area contributed by atoms with Gasteiger partial charge in [0.05, 0.1) is 0 Å². The van der Waals surface area contributed by atoms with Gasteiger partial charge in [-0.15, -0.1) is 0 Å². The van der Waals surface area contributed by atoms with Crippen LogP contribution < -0.4 is 9.47 Å². The van der Waals surface area contributed by atoms with Gasteiger partial charge in [-0.25, -0.2) is 8.78 Å². The average molecular weight is 446 g/mol. The summed E-state index contributed by atoms with van der Waals surface area (Å²) in [5.74, 6) is -1.31. The number of rotatable bonds is 6. The smallest absolute Gasteiger partial charge is 0.310 e. The molecule has 2 rings (SSSR count). The highest BCUT2D eigenvalue weighted by atomic mass is 127. The van der Waals surface area contributed by atoms with Gasteiger partial charge in [0.15, 0.2) is 11.6 Å². The van der Waals surface area contributed by atoms with Gasteiger partial charge in [0.2, 0.25) is 0 Å². The molecule has 0 aliphatic rings. The molecule has 0 bridgehead atoms. The van der Waals surface area contributed by atoms with Crippen LogP contribution in [0.4, 0.5) is 8.78 Å². The lowest BCUT2D eigenvalue weighted by Crippen LogP contribution is -2.10. The number of esters is 1. The fraction of sp³-hybridized carbons (Fsp3) is 0.278. The maximum absolute atomic E-state index is 14.0. The zero-order chi connectivity index (χ0) is 17.7. The van der Waals surface area contributed by atoms with Gasteiger partial charge in [0.1, 0.15) is 18.2 Å². The Hall–Kier alpha value is -1.70. The molecule has 0 N–H and O–H groups in total. The van der Waals surface area contributed by atoms with Gasteiger partial charge < -0.3 is 9.47 Å². The Morgan fingerprint density at radius 3 is 2.54 bits per heavy atom. The van der Waals surface area contributed by atoms with E-state index in [1.54, 1.807) is 26.0 Å². The number of benzene rings is 2. The topological polar surface area (TPSA) is 35.5 Å². The lowest BCUT2D eigenvalue weighted by Gasteiger charge is -2.14. The Balaban J connectivity index is 2.23. The molecule has 0 saturated heterocycles. The first kappa shape index (κ1) is 18.6. The Morgan fingerprint density at radius 1 is 1.12 bits per heavy atom. The van der Waals surface area contributed by atoms with E-state index in [1.807, 2.05) is 6.07 Å². The first-order valence-corrected chi connectivity index (χ1v) is 8.62. The van der Waals surface area contributed by atoms with Gasteiger partial charge in [-0.3, -0.25) is 4.79 Å². The van der Waals surface area contributed by atoms with Crippen molar-refractivity contribution in [1.29, 1.82) is 0 Å². The van der Waals surface area contributed by atoms with Gasteiger partial charge in [0.25, 0.3) is 0 Å². The van der Waals surface area contributed by atoms with Crippen molar-refractivity contribution in [3.05, 3.63) is 56.7 Å². The number of aryl methyl sites for hydroxylation is 1. The zero-order valence-corrected chi connectivity index (χ0v) is 15.5. The minimum atomic E-state index is -0.619. The summed E-state index contributed by atoms with van der Waals surface area (Å²) in [6.07, 6.45) is 0.640. The number of carbonyl (C=O) groups excluding carboxylic acids is 1. The molecule has 3 nitrogen and oxygen atoms in total. The molecule has 0 fully saturated rings. The summed E-state index contributed by atoms with van der Waals surface area (Å²) in [4.78, 5) is 11.5. The average Bonchev–Trinajstić information content (AvgIpc) is 2.56. The van der Waals surface area contributed by atoms with E-state index in [0.717, 1.165) is 15.7 Å². The predicted molar refractivity (Wildman–Crippen MR) is 95.2 cm³/mol. The summed E-state index contributed by atoms with van der Waals surface area (Å²) in [6, 6.07) is 7.39. The van der Waals surface area contributed by atoms with Crippen LogP contribution in [0.5, 0.6) is 11.5 Å². The van der Waals surface area contributed by atoms with E-state index in [2.05, 4.69) is 22.6 Å². The Bertz CT molecular complexity index is 747. The molecule has 0 aliphatic heterocycles. The Labute approximate surface area is 153 Å². The number of carbonyl (C=O) groups is 1. The van der Waals surface area contributed by atoms with Gasteiger partial charge in [-0.1, -0.05) is 19.9 Å². The van der Waals surface area contributed by atoms with Crippen LogP contribution in [0, 0.1) is 15.2 Å². The van der Waals surface area contributed by atoms with Crippen LogP contribution in [0.2, 0.25) is 0 Å². The second kappa shape index (κ2) is 8.41. The Kier molecular flexibility index (Phi) is 6.53. The monoisotopic (exact) mass is 446 g/mol. The van der Waals surface area contributed by atoms with E-state index in [9.17, 15) is 13.6 Å². The largest absolute Gasteiger partial charge is 0.486 e. The van der Waals surface area contributed by atoms with Gasteiger partial charge in [-0.2, -0.15) is 0 Å². The molecule has 0 radical (unpaired) electrons. The van der Waals surface area contributed by atoms with E-state index >= 15 is 0 Å². The molecule has 0 atom stereocenters. The first-order chi connectivity index (χ1) is 11.5. The van der Waals surface area contributed by atoms with Crippen molar-refractivity contribution in [2.45, 2.75) is 33.3 Å². The van der Waals surface area contributed by atoms with E-state index in [1.165, 1.54) is 0 Å². The third-order valence-corrected chi connectivity index (χ3v) is 4.45. The van der Waals surface area contributed by atoms with Crippen LogP contribution in [0.3, 0.4) is 0 Å². The Morgan fingerprint density at radius 2 is 1.88 bits per heavy atom. The van der Waals surface area contributed by atoms with Crippen molar-refractivity contribution >= 4 is 28.6 Å². The molecule has 0 unspecified atom stereocenters. The van der Waals surface area contributed by atoms with Gasteiger partial charge in [0, 0.05) is 21.6 Å². The summed E-state index contributed by atoms with van der Waals surface area (Å²) >= 11 is 2.08. The molecule has 128 valence electrons. The molecule has 0 heterocycles. The highest BCUT2D eigenvalue weighted by Crippen LogP contribution is 2.28. The second-order valence-corrected chi connectivity index (χ2v) is 6.22. The molecule has 6 heteroatoms. The fourth-order valence-corrected chi connectivity index (χ4v) is 2.70. The summed E-state index contributed by atoms with van der Waals surface area (Å²) in [5, 5.41) is 0. The van der Waals surface area contributed by atoms with Crippen LogP contribution >= 0.6 is 22.6 Å². The van der Waals surface area contributed by atoms with Crippen molar-refractivity contribution in [2.24, 2.45) is 0 Å². The van der Waals surface area contributed by atoms with Crippen molar-refractivity contribution in [3.63, 3.8) is 0 Å². The second-order valence-electron chi connectivity index (χ2n) is 5.06. The fourth-order valence-electron chi connectivity index (χ4n) is 2.07. The van der Waals surface area contributed by atoms with Gasteiger partial charge >= 0.3 is 5.97 Å². The van der Waals surface area contributed by atoms with Crippen LogP contribution in [0.15, 0.2) is 30.3 Å². The maximum atomic E-state index is 14.0. The minimum absolute atomic E-state index is 0.0345. The quantitative estimate of drug-likeness (QED) is 0.355. The molecular formula is C18H17F2IO3. The van der Waals surface area contributed by atoms with Crippen LogP contribution in [0.1, 0.15) is 31.4 Å². The standard InChI is InChI=1S/C18H17F2IO3/c1-3-11-8-14(20)17(9-13(11)19)23-10-12-15(21)6-5-7-16(12)24-18(22)4-2/h5-9H,3-4,10H2,1-2H3. The molecular weight excluding hydrogens is 429 g/mol. The van der Waals surface area contributed by atoms with E-state index in [0.29, 0.717) is 23.3 Å². The van der Waals surface area contributed by atoms with E-state index < -0.39 is 11.6 Å². The van der Waals surface area contributed by atoms with Crippen LogP contribution in [-0.4, -0.2) is 5.97 Å².